The Morgan fingerprint density at radius 3 is 1.90 bits per heavy atom. The zero-order valence-electron chi connectivity index (χ0n) is 37.3. The average molecular weight is 829 g/mol. The number of aromatic nitrogens is 4. The molecule has 0 amide bonds. The highest BCUT2D eigenvalue weighted by Gasteiger charge is 2.24. The summed E-state index contributed by atoms with van der Waals surface area (Å²) in [5, 5.41) is 18.9. The summed E-state index contributed by atoms with van der Waals surface area (Å²) in [5.41, 5.74) is 14.0. The van der Waals surface area contributed by atoms with E-state index in [0.717, 1.165) is 81.8 Å². The van der Waals surface area contributed by atoms with Crippen molar-refractivity contribution in [3.63, 3.8) is 0 Å². The van der Waals surface area contributed by atoms with Crippen molar-refractivity contribution in [3.05, 3.63) is 113 Å². The lowest BCUT2D eigenvalue weighted by molar-refractivity contribution is 0.359. The predicted molar refractivity (Wildman–Crippen MR) is 251 cm³/mol. The molecular weight excluding hydrogens is 767 g/mol. The van der Waals surface area contributed by atoms with Gasteiger partial charge in [-0.2, -0.15) is 9.97 Å². The fourth-order valence-corrected chi connectivity index (χ4v) is 6.81. The highest BCUT2D eigenvalue weighted by Crippen LogP contribution is 2.34. The van der Waals surface area contributed by atoms with Gasteiger partial charge in [-0.25, -0.2) is 18.7 Å². The van der Waals surface area contributed by atoms with E-state index in [4.69, 9.17) is 25.7 Å². The second-order valence-corrected chi connectivity index (χ2v) is 18.2. The lowest BCUT2D eigenvalue weighted by atomic mass is 9.88. The first-order chi connectivity index (χ1) is 28.9. The first kappa shape index (κ1) is 44.8. The van der Waals surface area contributed by atoms with Gasteiger partial charge < -0.3 is 32.3 Å². The van der Waals surface area contributed by atoms with Gasteiger partial charge in [0.2, 0.25) is 11.9 Å². The van der Waals surface area contributed by atoms with Crippen LogP contribution in [0.1, 0.15) is 84.1 Å². The van der Waals surface area contributed by atoms with E-state index < -0.39 is 0 Å². The summed E-state index contributed by atoms with van der Waals surface area (Å²) in [6.07, 6.45) is 3.92. The van der Waals surface area contributed by atoms with Crippen molar-refractivity contribution in [1.29, 1.82) is 0 Å². The zero-order valence-corrected chi connectivity index (χ0v) is 37.3. The number of nitrogens with one attached hydrogen (secondary N) is 5. The van der Waals surface area contributed by atoms with Gasteiger partial charge in [0.05, 0.1) is 11.0 Å². The molecule has 1 aliphatic heterocycles. The topological polar surface area (TPSA) is 138 Å². The first-order valence-corrected chi connectivity index (χ1v) is 21.2. The molecule has 0 saturated carbocycles. The van der Waals surface area contributed by atoms with Crippen molar-refractivity contribution < 1.29 is 8.78 Å². The molecule has 6 aromatic rings. The molecule has 0 spiro atoms. The second kappa shape index (κ2) is 18.9. The van der Waals surface area contributed by atoms with Gasteiger partial charge in [0.25, 0.3) is 0 Å². The molecule has 322 valence electrons. The van der Waals surface area contributed by atoms with Gasteiger partial charge in [0.1, 0.15) is 23.3 Å². The molecule has 10 nitrogen and oxygen atoms in total. The summed E-state index contributed by atoms with van der Waals surface area (Å²) in [5.74, 6) is 1.96. The molecule has 61 heavy (non-hydrogen) atoms. The maximum Gasteiger partial charge on any atom is 0.229 e. The van der Waals surface area contributed by atoms with E-state index in [1.54, 1.807) is 19.1 Å². The number of benzene rings is 4. The molecule has 4 aromatic carbocycles. The minimum absolute atomic E-state index is 0.0550. The third-order valence-electron chi connectivity index (χ3n) is 11.4. The van der Waals surface area contributed by atoms with E-state index in [1.165, 1.54) is 23.8 Å². The number of hydrogen-bond acceptors (Lipinski definition) is 10. The van der Waals surface area contributed by atoms with Crippen LogP contribution < -0.4 is 32.3 Å². The summed E-state index contributed by atoms with van der Waals surface area (Å²) in [7, 11) is 0. The number of para-hydroxylation sites is 2. The second-order valence-electron chi connectivity index (χ2n) is 18.2. The number of nitrogens with zero attached hydrogens (tertiary/aromatic N) is 4. The number of nitrogens with two attached hydrogens (primary N) is 1. The van der Waals surface area contributed by atoms with Crippen LogP contribution in [0.3, 0.4) is 0 Å². The number of halogens is 2. The van der Waals surface area contributed by atoms with Crippen molar-refractivity contribution in [2.45, 2.75) is 94.2 Å². The Balaban J connectivity index is 0.000000205. The molecule has 7 rings (SSSR count). The molecule has 7 N–H and O–H groups in total. The summed E-state index contributed by atoms with van der Waals surface area (Å²) in [6.45, 7) is 23.4. The molecule has 0 radical (unpaired) electrons. The van der Waals surface area contributed by atoms with E-state index in [0.29, 0.717) is 29.7 Å². The van der Waals surface area contributed by atoms with Crippen molar-refractivity contribution in [3.8, 4) is 0 Å². The Kier molecular flexibility index (Phi) is 13.9. The normalized spacial score (nSPS) is 14.1. The van der Waals surface area contributed by atoms with Crippen LogP contribution in [0.2, 0.25) is 0 Å². The van der Waals surface area contributed by atoms with Crippen LogP contribution >= 0.6 is 0 Å². The van der Waals surface area contributed by atoms with E-state index >= 15 is 0 Å². The van der Waals surface area contributed by atoms with Crippen LogP contribution in [0.15, 0.2) is 78.9 Å². The maximum absolute atomic E-state index is 13.8. The van der Waals surface area contributed by atoms with Crippen molar-refractivity contribution in [2.75, 3.05) is 40.9 Å². The Hall–Kier alpha value is -5.72. The van der Waals surface area contributed by atoms with Crippen LogP contribution in [0, 0.1) is 36.3 Å². The summed E-state index contributed by atoms with van der Waals surface area (Å²) >= 11 is 0. The number of aryl methyl sites for hydroxylation is 2. The molecule has 0 saturated heterocycles. The molecular formula is C49H62F2N10. The van der Waals surface area contributed by atoms with Gasteiger partial charge >= 0.3 is 0 Å². The van der Waals surface area contributed by atoms with Crippen LogP contribution in [-0.2, 0) is 6.42 Å². The van der Waals surface area contributed by atoms with E-state index in [1.807, 2.05) is 31.2 Å². The highest BCUT2D eigenvalue weighted by molar-refractivity contribution is 5.98. The van der Waals surface area contributed by atoms with Crippen LogP contribution in [-0.4, -0.2) is 51.7 Å². The SMILES string of the molecule is Cc1cc(F)cc(Nc2nc(N[C@H](C)C(C)(C)C)c3cccc(CCN)c3n2)c1.Cc1cc(Nc2nc(N[C@H](C)C(C)(C)C)c3cccc(C4=CCNCC4)c3n2)ccc1F. The Morgan fingerprint density at radius 2 is 1.33 bits per heavy atom. The van der Waals surface area contributed by atoms with Crippen LogP contribution in [0.4, 0.5) is 43.7 Å². The summed E-state index contributed by atoms with van der Waals surface area (Å²) in [6, 6.07) is 22.5. The maximum atomic E-state index is 13.8. The molecule has 0 bridgehead atoms. The zero-order chi connectivity index (χ0) is 44.1. The average Bonchev–Trinajstić information content (AvgIpc) is 3.19. The third kappa shape index (κ3) is 11.4. The number of rotatable bonds is 11. The molecule has 12 heteroatoms. The quantitative estimate of drug-likeness (QED) is 0.0748. The summed E-state index contributed by atoms with van der Waals surface area (Å²) < 4.78 is 27.6. The molecule has 0 fully saturated rings. The third-order valence-corrected chi connectivity index (χ3v) is 11.4. The van der Waals surface area contributed by atoms with E-state index in [-0.39, 0.29) is 34.5 Å². The minimum Gasteiger partial charge on any atom is -0.366 e. The molecule has 3 heterocycles. The Labute approximate surface area is 359 Å². The first-order valence-electron chi connectivity index (χ1n) is 21.2. The van der Waals surface area contributed by atoms with Crippen molar-refractivity contribution in [2.24, 2.45) is 16.6 Å². The molecule has 2 aromatic heterocycles. The van der Waals surface area contributed by atoms with Gasteiger partial charge in [0.15, 0.2) is 0 Å². The number of hydrogen-bond donors (Lipinski definition) is 6. The molecule has 1 aliphatic rings. The Bertz CT molecular complexity index is 2500. The van der Waals surface area contributed by atoms with Crippen LogP contribution in [0.25, 0.3) is 27.4 Å². The largest absolute Gasteiger partial charge is 0.366 e. The minimum atomic E-state index is -0.295. The molecule has 0 aliphatic carbocycles. The monoisotopic (exact) mass is 829 g/mol. The summed E-state index contributed by atoms with van der Waals surface area (Å²) in [4.78, 5) is 19.2. The fraction of sp³-hybridized carbons (Fsp3) is 0.388. The lowest BCUT2D eigenvalue weighted by Gasteiger charge is -2.29. The van der Waals surface area contributed by atoms with Gasteiger partial charge in [-0.05, 0) is 135 Å². The van der Waals surface area contributed by atoms with Crippen molar-refractivity contribution in [1.82, 2.24) is 25.3 Å². The lowest BCUT2D eigenvalue weighted by Crippen LogP contribution is -2.31. The Morgan fingerprint density at radius 1 is 0.721 bits per heavy atom. The number of anilines is 6. The molecule has 0 unspecified atom stereocenters. The van der Waals surface area contributed by atoms with Gasteiger partial charge in [0, 0.05) is 46.3 Å². The van der Waals surface area contributed by atoms with Crippen molar-refractivity contribution >= 4 is 62.3 Å². The van der Waals surface area contributed by atoms with E-state index in [2.05, 4.69) is 106 Å². The van der Waals surface area contributed by atoms with Gasteiger partial charge in [-0.15, -0.1) is 0 Å². The smallest absolute Gasteiger partial charge is 0.229 e. The predicted octanol–water partition coefficient (Wildman–Crippen LogP) is 11.2. The van der Waals surface area contributed by atoms with Gasteiger partial charge in [-0.1, -0.05) is 71.9 Å². The van der Waals surface area contributed by atoms with Gasteiger partial charge in [-0.3, -0.25) is 0 Å². The van der Waals surface area contributed by atoms with E-state index in [9.17, 15) is 8.78 Å². The highest BCUT2D eigenvalue weighted by atomic mass is 19.1. The fourth-order valence-electron chi connectivity index (χ4n) is 6.81. The standard InChI is InChI=1S/C26H32FN5.C23H30FN5/c1-16-15-19(9-10-22(16)27)30-25-31-23-20(18-11-13-28-14-12-18)7-6-8-21(23)24(32-25)29-17(2)26(3,4)5;1-14-11-17(24)13-18(12-14)27-22-28-20-16(9-10-25)7-6-8-19(20)21(29-22)26-15(2)23(3,4)5/h6-11,15,17,28H,12-14H2,1-5H3,(H2,29,30,31,32);6-8,11-13,15H,9-10,25H2,1-5H3,(H2,26,27,28,29)/t17-;15-/m11/s1. The number of fused-ring (bicyclic) bond motifs is 2. The van der Waals surface area contributed by atoms with Crippen LogP contribution in [0.5, 0.6) is 0 Å². The molecule has 2 atom stereocenters.